The van der Waals surface area contributed by atoms with E-state index in [4.69, 9.17) is 5.73 Å². The second kappa shape index (κ2) is 45.4. The number of ether oxygens (including phenoxy) is 1. The highest BCUT2D eigenvalue weighted by Gasteiger charge is 2.45. The number of aliphatic carboxylic acids is 3. The van der Waals surface area contributed by atoms with Crippen molar-refractivity contribution in [2.24, 2.45) is 53.1 Å². The fourth-order valence-corrected chi connectivity index (χ4v) is 11.9. The Balaban J connectivity index is 0.000000489. The maximum absolute atomic E-state index is 12.1. The number of nitrogens with two attached hydrogens (primary N) is 1. The maximum Gasteiger partial charge on any atom is 0.317 e. The Morgan fingerprint density at radius 3 is 0.829 bits per heavy atom. The van der Waals surface area contributed by atoms with Crippen molar-refractivity contribution in [1.82, 2.24) is 0 Å². The Kier molecular flexibility index (Phi) is 42.1. The highest BCUT2D eigenvalue weighted by molar-refractivity contribution is 5.96. The first-order chi connectivity index (χ1) is 36.7. The molecule has 13 nitrogen and oxygen atoms in total. The van der Waals surface area contributed by atoms with Crippen LogP contribution >= 0.6 is 0 Å². The van der Waals surface area contributed by atoms with Gasteiger partial charge >= 0.3 is 29.8 Å². The average molecular weight is 1070 g/mol. The molecule has 0 spiro atoms. The lowest BCUT2D eigenvalue weighted by Gasteiger charge is -2.27. The Bertz CT molecular complexity index is 1450. The quantitative estimate of drug-likeness (QED) is 0.0279. The lowest BCUT2D eigenvalue weighted by Crippen LogP contribution is -2.32. The highest BCUT2D eigenvalue weighted by atomic mass is 16.6. The van der Waals surface area contributed by atoms with Gasteiger partial charge in [-0.05, 0) is 83.6 Å². The average Bonchev–Trinajstić information content (AvgIpc) is 3.72. The minimum Gasteiger partial charge on any atom is -0.481 e. The zero-order valence-corrected chi connectivity index (χ0v) is 48.6. The SMILES string of the molecule is CCCCCCCCC(=O)C1CCCCC1C(=O)O.CCCCCCCCC(=O)[C@@H]1CCCC[C@@H]1C(=O)O.CCCCCCCCC(=O)[C@H]1CCCC[C@H]1C(=O)O.CCCCCCCN.O=C1OC(=O)[C@@H]2CCCC[C@H]12. The number of esters is 2. The number of carbonyl (C=O) groups is 8. The molecular formula is C63H111NO12. The van der Waals surface area contributed by atoms with Crippen LogP contribution in [-0.2, 0) is 43.1 Å². The first-order valence-electron chi connectivity index (χ1n) is 31.4. The van der Waals surface area contributed by atoms with Gasteiger partial charge in [-0.15, -0.1) is 0 Å². The van der Waals surface area contributed by atoms with Crippen LogP contribution in [0.25, 0.3) is 0 Å². The van der Waals surface area contributed by atoms with Gasteiger partial charge in [0.15, 0.2) is 0 Å². The summed E-state index contributed by atoms with van der Waals surface area (Å²) in [5, 5.41) is 27.5. The summed E-state index contributed by atoms with van der Waals surface area (Å²) in [7, 11) is 0. The predicted molar refractivity (Wildman–Crippen MR) is 303 cm³/mol. The van der Waals surface area contributed by atoms with Crippen LogP contribution in [0.2, 0.25) is 0 Å². The number of fused-ring (bicyclic) bond motifs is 1. The molecule has 5 rings (SSSR count). The molecule has 0 aromatic heterocycles. The van der Waals surface area contributed by atoms with Crippen molar-refractivity contribution in [3.63, 3.8) is 0 Å². The number of ketones is 3. The summed E-state index contributed by atoms with van der Waals surface area (Å²) in [4.78, 5) is 91.9. The van der Waals surface area contributed by atoms with Gasteiger partial charge < -0.3 is 25.8 Å². The van der Waals surface area contributed by atoms with Crippen molar-refractivity contribution >= 4 is 47.2 Å². The number of carboxylic acid groups (broad SMARTS) is 3. The summed E-state index contributed by atoms with van der Waals surface area (Å²) < 4.78 is 4.53. The van der Waals surface area contributed by atoms with Gasteiger partial charge in [-0.3, -0.25) is 38.4 Å². The van der Waals surface area contributed by atoms with Gasteiger partial charge in [0.25, 0.3) is 0 Å². The van der Waals surface area contributed by atoms with Gasteiger partial charge in [0.1, 0.15) is 17.3 Å². The molecular weight excluding hydrogens is 963 g/mol. The summed E-state index contributed by atoms with van der Waals surface area (Å²) >= 11 is 0. The number of carbonyl (C=O) groups excluding carboxylic acids is 5. The summed E-state index contributed by atoms with van der Waals surface area (Å²) in [6, 6.07) is 0. The molecule has 0 amide bonds. The van der Waals surface area contributed by atoms with Crippen molar-refractivity contribution in [2.45, 2.75) is 297 Å². The molecule has 5 N–H and O–H groups in total. The van der Waals surface area contributed by atoms with Gasteiger partial charge in [0, 0.05) is 37.0 Å². The van der Waals surface area contributed by atoms with E-state index in [1.54, 1.807) is 0 Å². The van der Waals surface area contributed by atoms with Crippen LogP contribution in [0.4, 0.5) is 0 Å². The summed E-state index contributed by atoms with van der Waals surface area (Å²) in [5.41, 5.74) is 5.31. The van der Waals surface area contributed by atoms with E-state index in [1.165, 1.54) is 109 Å². The van der Waals surface area contributed by atoms with E-state index >= 15 is 0 Å². The molecule has 0 radical (unpaired) electrons. The van der Waals surface area contributed by atoms with Crippen LogP contribution in [0.3, 0.4) is 0 Å². The van der Waals surface area contributed by atoms with Gasteiger partial charge in [-0.2, -0.15) is 0 Å². The number of unbranched alkanes of at least 4 members (excludes halogenated alkanes) is 19. The summed E-state index contributed by atoms with van der Waals surface area (Å²) in [5.74, 6) is -4.39. The van der Waals surface area contributed by atoms with Crippen LogP contribution in [-0.4, -0.2) is 69.1 Å². The van der Waals surface area contributed by atoms with E-state index in [0.717, 1.165) is 129 Å². The van der Waals surface area contributed by atoms with Gasteiger partial charge in [-0.1, -0.05) is 201 Å². The minimum absolute atomic E-state index is 0.101. The zero-order chi connectivity index (χ0) is 56.4. The Morgan fingerprint density at radius 1 is 0.355 bits per heavy atom. The first kappa shape index (κ1) is 70.5. The largest absolute Gasteiger partial charge is 0.481 e. The Morgan fingerprint density at radius 2 is 0.579 bits per heavy atom. The number of rotatable bonds is 32. The Hall–Kier alpha value is -3.48. The molecule has 2 unspecified atom stereocenters. The van der Waals surface area contributed by atoms with Crippen molar-refractivity contribution in [2.75, 3.05) is 6.54 Å². The lowest BCUT2D eigenvalue weighted by atomic mass is 9.76. The molecule has 440 valence electrons. The monoisotopic (exact) mass is 1070 g/mol. The van der Waals surface area contributed by atoms with E-state index in [9.17, 15) is 53.7 Å². The summed E-state index contributed by atoms with van der Waals surface area (Å²) in [6.07, 6.45) is 43.5. The van der Waals surface area contributed by atoms with Crippen LogP contribution in [0.15, 0.2) is 0 Å². The molecule has 4 saturated carbocycles. The third kappa shape index (κ3) is 30.6. The molecule has 1 aliphatic heterocycles. The van der Waals surface area contributed by atoms with Gasteiger partial charge in [-0.25, -0.2) is 0 Å². The molecule has 0 aromatic rings. The molecule has 4 aliphatic carbocycles. The van der Waals surface area contributed by atoms with E-state index < -0.39 is 35.7 Å². The predicted octanol–water partition coefficient (Wildman–Crippen LogP) is 15.4. The van der Waals surface area contributed by atoms with Crippen LogP contribution < -0.4 is 5.73 Å². The molecule has 5 aliphatic rings. The van der Waals surface area contributed by atoms with Gasteiger partial charge in [0.2, 0.25) is 0 Å². The normalized spacial score (nSPS) is 23.8. The molecule has 0 aromatic carbocycles. The van der Waals surface area contributed by atoms with Crippen molar-refractivity contribution < 1.29 is 58.4 Å². The standard InChI is InChI=1S/3C16H28O3.C8H10O3.C7H17N/c3*1-2-3-4-5-6-7-12-15(17)13-10-8-9-11-14(13)16(18)19;9-7-5-3-1-2-4-6(5)8(10)11-7;1-2-3-4-5-6-7-8/h3*13-14H,2-12H2,1H3,(H,18,19);5-6H,1-4H2;2-8H2,1H3/t2*13-,14+;;5-,6+;/m10.../s1. The number of carboxylic acids is 3. The summed E-state index contributed by atoms with van der Waals surface area (Å²) in [6.45, 7) is 9.67. The van der Waals surface area contributed by atoms with Gasteiger partial charge in [0.05, 0.1) is 29.6 Å². The second-order valence-corrected chi connectivity index (χ2v) is 22.9. The first-order valence-corrected chi connectivity index (χ1v) is 31.4. The Labute approximate surface area is 460 Å². The smallest absolute Gasteiger partial charge is 0.317 e. The maximum atomic E-state index is 12.1. The van der Waals surface area contributed by atoms with E-state index in [0.29, 0.717) is 38.5 Å². The molecule has 13 heteroatoms. The van der Waals surface area contributed by atoms with E-state index in [2.05, 4.69) is 32.4 Å². The fraction of sp³-hybridized carbons (Fsp3) is 0.873. The molecule has 1 heterocycles. The molecule has 76 heavy (non-hydrogen) atoms. The third-order valence-electron chi connectivity index (χ3n) is 16.7. The molecule has 5 fully saturated rings. The molecule has 1 saturated heterocycles. The highest BCUT2D eigenvalue weighted by Crippen LogP contribution is 2.37. The fourth-order valence-electron chi connectivity index (χ4n) is 11.9. The topological polar surface area (TPSA) is 232 Å². The van der Waals surface area contributed by atoms with Crippen molar-refractivity contribution in [3.05, 3.63) is 0 Å². The number of hydrogen-bond acceptors (Lipinski definition) is 10. The number of hydrogen-bond donors (Lipinski definition) is 4. The van der Waals surface area contributed by atoms with Crippen LogP contribution in [0.1, 0.15) is 297 Å². The molecule has 0 bridgehead atoms. The van der Waals surface area contributed by atoms with E-state index in [-0.39, 0.29) is 58.9 Å². The zero-order valence-electron chi connectivity index (χ0n) is 48.6. The third-order valence-corrected chi connectivity index (χ3v) is 16.7. The number of cyclic esters (lactones) is 2. The van der Waals surface area contributed by atoms with E-state index in [1.807, 2.05) is 0 Å². The van der Waals surface area contributed by atoms with Crippen molar-refractivity contribution in [1.29, 1.82) is 0 Å². The lowest BCUT2D eigenvalue weighted by molar-refractivity contribution is -0.154. The van der Waals surface area contributed by atoms with Crippen molar-refractivity contribution in [3.8, 4) is 0 Å². The van der Waals surface area contributed by atoms with Crippen LogP contribution in [0, 0.1) is 47.3 Å². The number of Topliss-reactive ketones (excluding diaryl/α,β-unsaturated/α-hetero) is 3. The molecule has 8 atom stereocenters. The minimum atomic E-state index is -0.777. The van der Waals surface area contributed by atoms with Crippen LogP contribution in [0.5, 0.6) is 0 Å². The second-order valence-electron chi connectivity index (χ2n) is 22.9.